The van der Waals surface area contributed by atoms with Crippen LogP contribution in [0, 0.1) is 21.4 Å². The fourth-order valence-corrected chi connectivity index (χ4v) is 3.07. The lowest BCUT2D eigenvalue weighted by Gasteiger charge is -2.08. The largest absolute Gasteiger partial charge is 0.449 e. The average molecular weight is 417 g/mol. The third-order valence-electron chi connectivity index (χ3n) is 4.31. The third kappa shape index (κ3) is 3.85. The summed E-state index contributed by atoms with van der Waals surface area (Å²) in [4.78, 5) is 18.5. The lowest BCUT2D eigenvalue weighted by atomic mass is 10.1. The van der Waals surface area contributed by atoms with Crippen LogP contribution in [0.5, 0.6) is 11.5 Å². The zero-order valence-electron chi connectivity index (χ0n) is 15.4. The van der Waals surface area contributed by atoms with Gasteiger partial charge in [-0.3, -0.25) is 10.1 Å². The number of para-hydroxylation sites is 3. The number of hydrogen-bond donors (Lipinski definition) is 1. The van der Waals surface area contributed by atoms with Crippen molar-refractivity contribution in [2.24, 2.45) is 0 Å². The molecule has 1 N–H and O–H groups in total. The van der Waals surface area contributed by atoms with Gasteiger partial charge in [0, 0.05) is 6.07 Å². The topological polar surface area (TPSA) is 105 Å². The van der Waals surface area contributed by atoms with E-state index in [1.807, 2.05) is 24.3 Å². The van der Waals surface area contributed by atoms with E-state index in [4.69, 9.17) is 16.3 Å². The minimum Gasteiger partial charge on any atom is -0.449 e. The highest BCUT2D eigenvalue weighted by Gasteiger charge is 2.18. The monoisotopic (exact) mass is 416 g/mol. The molecule has 1 aromatic heterocycles. The number of rotatable bonds is 5. The number of nitro groups is 1. The Morgan fingerprint density at radius 2 is 1.90 bits per heavy atom. The minimum atomic E-state index is -0.545. The Hall–Kier alpha value is -4.15. The van der Waals surface area contributed by atoms with Gasteiger partial charge in [-0.1, -0.05) is 41.9 Å². The summed E-state index contributed by atoms with van der Waals surface area (Å²) in [5.74, 6) is 0.746. The van der Waals surface area contributed by atoms with E-state index in [9.17, 15) is 15.4 Å². The van der Waals surface area contributed by atoms with E-state index in [0.29, 0.717) is 22.2 Å². The number of nitriles is 1. The summed E-state index contributed by atoms with van der Waals surface area (Å²) in [7, 11) is 0. The predicted molar refractivity (Wildman–Crippen MR) is 114 cm³/mol. The summed E-state index contributed by atoms with van der Waals surface area (Å²) in [6, 6.07) is 20.6. The quantitative estimate of drug-likeness (QED) is 0.244. The Labute approximate surface area is 176 Å². The third-order valence-corrected chi connectivity index (χ3v) is 4.62. The molecule has 3 aromatic carbocycles. The van der Waals surface area contributed by atoms with Gasteiger partial charge >= 0.3 is 5.69 Å². The van der Waals surface area contributed by atoms with Crippen molar-refractivity contribution in [1.82, 2.24) is 9.97 Å². The van der Waals surface area contributed by atoms with Crippen molar-refractivity contribution < 1.29 is 9.66 Å². The molecule has 4 rings (SSSR count). The van der Waals surface area contributed by atoms with Crippen LogP contribution in [-0.2, 0) is 0 Å². The summed E-state index contributed by atoms with van der Waals surface area (Å²) in [5.41, 5.74) is 1.99. The van der Waals surface area contributed by atoms with Crippen LogP contribution in [-0.4, -0.2) is 14.9 Å². The van der Waals surface area contributed by atoms with Gasteiger partial charge in [-0.25, -0.2) is 4.98 Å². The maximum atomic E-state index is 11.6. The van der Waals surface area contributed by atoms with Crippen molar-refractivity contribution in [2.45, 2.75) is 0 Å². The number of benzene rings is 3. The second-order valence-electron chi connectivity index (χ2n) is 6.29. The Kier molecular flexibility index (Phi) is 5.16. The lowest BCUT2D eigenvalue weighted by molar-refractivity contribution is -0.385. The number of allylic oxidation sites excluding steroid dienone is 1. The fourth-order valence-electron chi connectivity index (χ4n) is 2.90. The summed E-state index contributed by atoms with van der Waals surface area (Å²) in [6.07, 6.45) is 1.53. The highest BCUT2D eigenvalue weighted by molar-refractivity contribution is 6.32. The lowest BCUT2D eigenvalue weighted by Crippen LogP contribution is -1.95. The maximum absolute atomic E-state index is 11.6. The molecular weight excluding hydrogens is 404 g/mol. The van der Waals surface area contributed by atoms with Gasteiger partial charge in [-0.15, -0.1) is 0 Å². The standard InChI is InChI=1S/C22H13ClN4O3/c23-16-5-1-4-8-20(16)30-21-10-9-14(12-19(21)27(28)29)11-15(13-24)22-25-17-6-2-3-7-18(17)26-22/h1-12H,(H,25,26)/b15-11+. The van der Waals surface area contributed by atoms with Crippen molar-refractivity contribution in [3.05, 3.63) is 93.3 Å². The van der Waals surface area contributed by atoms with Crippen molar-refractivity contribution in [2.75, 3.05) is 0 Å². The molecule has 0 aliphatic rings. The van der Waals surface area contributed by atoms with Crippen LogP contribution in [0.3, 0.4) is 0 Å². The van der Waals surface area contributed by atoms with Crippen molar-refractivity contribution in [3.63, 3.8) is 0 Å². The zero-order valence-corrected chi connectivity index (χ0v) is 16.1. The Morgan fingerprint density at radius 1 is 1.13 bits per heavy atom. The van der Waals surface area contributed by atoms with Crippen LogP contribution in [0.25, 0.3) is 22.7 Å². The molecular formula is C22H13ClN4O3. The first kappa shape index (κ1) is 19.2. The Bertz CT molecular complexity index is 1300. The van der Waals surface area contributed by atoms with Crippen LogP contribution in [0.1, 0.15) is 11.4 Å². The second kappa shape index (κ2) is 8.07. The van der Waals surface area contributed by atoms with E-state index in [-0.39, 0.29) is 17.0 Å². The minimum absolute atomic E-state index is 0.0486. The van der Waals surface area contributed by atoms with Crippen molar-refractivity contribution >= 4 is 40.0 Å². The van der Waals surface area contributed by atoms with Crippen LogP contribution in [0.2, 0.25) is 5.02 Å². The molecule has 7 nitrogen and oxygen atoms in total. The molecule has 8 heteroatoms. The number of aromatic amines is 1. The molecule has 0 fully saturated rings. The molecule has 30 heavy (non-hydrogen) atoms. The summed E-state index contributed by atoms with van der Waals surface area (Å²) in [5, 5.41) is 21.5. The van der Waals surface area contributed by atoms with Crippen molar-refractivity contribution in [3.8, 4) is 17.6 Å². The molecule has 0 saturated heterocycles. The van der Waals surface area contributed by atoms with Gasteiger partial charge in [0.1, 0.15) is 17.6 Å². The number of fused-ring (bicyclic) bond motifs is 1. The number of nitrogens with zero attached hydrogens (tertiary/aromatic N) is 3. The van der Waals surface area contributed by atoms with E-state index in [0.717, 1.165) is 11.0 Å². The van der Waals surface area contributed by atoms with E-state index in [2.05, 4.69) is 16.0 Å². The molecule has 0 unspecified atom stereocenters. The van der Waals surface area contributed by atoms with Crippen LogP contribution in [0.4, 0.5) is 5.69 Å². The number of H-pyrrole nitrogens is 1. The predicted octanol–water partition coefficient (Wildman–Crippen LogP) is 5.98. The molecule has 0 saturated carbocycles. The Balaban J connectivity index is 1.72. The summed E-state index contributed by atoms with van der Waals surface area (Å²) >= 11 is 6.08. The second-order valence-corrected chi connectivity index (χ2v) is 6.70. The number of halogens is 1. The van der Waals surface area contributed by atoms with E-state index in [1.54, 1.807) is 30.3 Å². The molecule has 4 aromatic rings. The van der Waals surface area contributed by atoms with Crippen LogP contribution < -0.4 is 4.74 Å². The SMILES string of the molecule is N#C/C(=C\c1ccc(Oc2ccccc2Cl)c([N+](=O)[O-])c1)c1nc2ccccc2[nH]1. The number of aromatic nitrogens is 2. The van der Waals surface area contributed by atoms with Crippen molar-refractivity contribution in [1.29, 1.82) is 5.26 Å². The number of imidazole rings is 1. The van der Waals surface area contributed by atoms with Crippen LogP contribution in [0.15, 0.2) is 66.7 Å². The highest BCUT2D eigenvalue weighted by Crippen LogP contribution is 2.36. The molecule has 0 atom stereocenters. The van der Waals surface area contributed by atoms with Gasteiger partial charge < -0.3 is 9.72 Å². The Morgan fingerprint density at radius 3 is 2.63 bits per heavy atom. The highest BCUT2D eigenvalue weighted by atomic mass is 35.5. The molecule has 1 heterocycles. The molecule has 0 radical (unpaired) electrons. The fraction of sp³-hybridized carbons (Fsp3) is 0. The van der Waals surface area contributed by atoms with Gasteiger partial charge in [0.05, 0.1) is 26.6 Å². The summed E-state index contributed by atoms with van der Waals surface area (Å²) < 4.78 is 5.63. The van der Waals surface area contributed by atoms with Gasteiger partial charge in [0.2, 0.25) is 5.75 Å². The van der Waals surface area contributed by atoms with Gasteiger partial charge in [-0.2, -0.15) is 5.26 Å². The normalized spacial score (nSPS) is 11.3. The number of nitro benzene ring substituents is 1. The molecule has 0 bridgehead atoms. The van der Waals surface area contributed by atoms with Gasteiger partial charge in [-0.05, 0) is 42.0 Å². The maximum Gasteiger partial charge on any atom is 0.312 e. The molecule has 0 amide bonds. The average Bonchev–Trinajstić information content (AvgIpc) is 3.18. The molecule has 0 spiro atoms. The smallest absolute Gasteiger partial charge is 0.312 e. The van der Waals surface area contributed by atoms with E-state index >= 15 is 0 Å². The summed E-state index contributed by atoms with van der Waals surface area (Å²) in [6.45, 7) is 0. The van der Waals surface area contributed by atoms with Gasteiger partial charge in [0.15, 0.2) is 0 Å². The molecule has 146 valence electrons. The first-order valence-corrected chi connectivity index (χ1v) is 9.20. The molecule has 0 aliphatic carbocycles. The van der Waals surface area contributed by atoms with E-state index in [1.165, 1.54) is 18.2 Å². The van der Waals surface area contributed by atoms with Crippen LogP contribution >= 0.6 is 11.6 Å². The number of nitrogens with one attached hydrogen (secondary N) is 1. The zero-order chi connectivity index (χ0) is 21.1. The number of hydrogen-bond acceptors (Lipinski definition) is 5. The van der Waals surface area contributed by atoms with Gasteiger partial charge in [0.25, 0.3) is 0 Å². The first-order chi connectivity index (χ1) is 14.5. The molecule has 0 aliphatic heterocycles. The van der Waals surface area contributed by atoms with E-state index < -0.39 is 4.92 Å². The number of ether oxygens (including phenoxy) is 1. The first-order valence-electron chi connectivity index (χ1n) is 8.83.